The monoisotopic (exact) mass is 337 g/mol. The Morgan fingerprint density at radius 1 is 1.08 bits per heavy atom. The van der Waals surface area contributed by atoms with Crippen molar-refractivity contribution in [3.05, 3.63) is 71.8 Å². The Hall–Kier alpha value is -2.62. The molecule has 3 rings (SSSR count). The molecule has 0 spiro atoms. The van der Waals surface area contributed by atoms with E-state index in [0.717, 1.165) is 12.0 Å². The van der Waals surface area contributed by atoms with Gasteiger partial charge in [0.1, 0.15) is 6.04 Å². The smallest absolute Gasteiger partial charge is 0.328 e. The fourth-order valence-corrected chi connectivity index (χ4v) is 3.50. The van der Waals surface area contributed by atoms with E-state index in [1.54, 1.807) is 4.90 Å². The molecule has 0 radical (unpaired) electrons. The molecule has 1 fully saturated rings. The molecule has 1 heterocycles. The number of rotatable bonds is 4. The number of hydrogen-bond acceptors (Lipinski definition) is 3. The second-order valence-corrected chi connectivity index (χ2v) is 6.43. The molecular weight excluding hydrogens is 314 g/mol. The van der Waals surface area contributed by atoms with Gasteiger partial charge in [-0.2, -0.15) is 0 Å². The Bertz CT molecular complexity index is 714. The van der Waals surface area contributed by atoms with Crippen LogP contribution in [0.5, 0.6) is 0 Å². The van der Waals surface area contributed by atoms with Crippen LogP contribution >= 0.6 is 0 Å². The van der Waals surface area contributed by atoms with Crippen LogP contribution in [-0.4, -0.2) is 29.9 Å². The minimum Gasteiger partial charge on any atom is -0.467 e. The highest BCUT2D eigenvalue weighted by Crippen LogP contribution is 2.32. The van der Waals surface area contributed by atoms with Crippen molar-refractivity contribution in [1.29, 1.82) is 0 Å². The van der Waals surface area contributed by atoms with Gasteiger partial charge in [-0.05, 0) is 29.9 Å². The summed E-state index contributed by atoms with van der Waals surface area (Å²) in [7, 11) is 1.38. The molecule has 4 nitrogen and oxygen atoms in total. The van der Waals surface area contributed by atoms with Crippen LogP contribution in [-0.2, 0) is 20.9 Å². The topological polar surface area (TPSA) is 46.6 Å². The Labute approximate surface area is 148 Å². The van der Waals surface area contributed by atoms with Crippen molar-refractivity contribution in [3.63, 3.8) is 0 Å². The summed E-state index contributed by atoms with van der Waals surface area (Å²) in [6, 6.07) is 19.3. The highest BCUT2D eigenvalue weighted by atomic mass is 16.5. The minimum atomic E-state index is -0.551. The zero-order valence-corrected chi connectivity index (χ0v) is 14.4. The standard InChI is InChI=1S/C21H23NO3/c1-25-21(24)19-14-18(17-10-6-3-7-11-17)12-13-20(23)22(19)15-16-8-4-2-5-9-16/h2-11,18-19H,12-15H2,1H3. The summed E-state index contributed by atoms with van der Waals surface area (Å²) in [6.45, 7) is 0.431. The Morgan fingerprint density at radius 2 is 1.72 bits per heavy atom. The highest BCUT2D eigenvalue weighted by Gasteiger charge is 2.36. The van der Waals surface area contributed by atoms with Crippen molar-refractivity contribution in [2.45, 2.75) is 37.8 Å². The molecule has 0 aliphatic carbocycles. The van der Waals surface area contributed by atoms with Gasteiger partial charge in [-0.15, -0.1) is 0 Å². The predicted molar refractivity (Wildman–Crippen MR) is 95.8 cm³/mol. The number of carbonyl (C=O) groups is 2. The predicted octanol–water partition coefficient (Wildman–Crippen LogP) is 3.52. The number of benzene rings is 2. The average Bonchev–Trinajstić information content (AvgIpc) is 2.82. The number of hydrogen-bond donors (Lipinski definition) is 0. The number of ether oxygens (including phenoxy) is 1. The molecule has 0 saturated carbocycles. The molecule has 0 bridgehead atoms. The Kier molecular flexibility index (Phi) is 5.49. The first-order chi connectivity index (χ1) is 12.2. The molecule has 1 aliphatic rings. The van der Waals surface area contributed by atoms with E-state index in [1.165, 1.54) is 12.7 Å². The SMILES string of the molecule is COC(=O)C1CC(c2ccccc2)CCC(=O)N1Cc1ccccc1. The third kappa shape index (κ3) is 4.08. The van der Waals surface area contributed by atoms with Crippen molar-refractivity contribution in [3.8, 4) is 0 Å². The van der Waals surface area contributed by atoms with Crippen LogP contribution in [0.25, 0.3) is 0 Å². The van der Waals surface area contributed by atoms with Crippen LogP contribution in [0.3, 0.4) is 0 Å². The third-order valence-electron chi connectivity index (χ3n) is 4.85. The molecule has 2 aromatic rings. The van der Waals surface area contributed by atoms with E-state index in [-0.39, 0.29) is 17.8 Å². The summed E-state index contributed by atoms with van der Waals surface area (Å²) in [6.07, 6.45) is 1.79. The Morgan fingerprint density at radius 3 is 2.36 bits per heavy atom. The first-order valence-corrected chi connectivity index (χ1v) is 8.65. The lowest BCUT2D eigenvalue weighted by molar-refractivity contribution is -0.153. The lowest BCUT2D eigenvalue weighted by atomic mass is 9.89. The largest absolute Gasteiger partial charge is 0.467 e. The van der Waals surface area contributed by atoms with Gasteiger partial charge in [0, 0.05) is 13.0 Å². The molecule has 130 valence electrons. The number of likely N-dealkylation sites (tertiary alicyclic amines) is 1. The van der Waals surface area contributed by atoms with E-state index in [1.807, 2.05) is 48.5 Å². The van der Waals surface area contributed by atoms with E-state index in [9.17, 15) is 9.59 Å². The van der Waals surface area contributed by atoms with E-state index >= 15 is 0 Å². The van der Waals surface area contributed by atoms with Crippen molar-refractivity contribution < 1.29 is 14.3 Å². The fourth-order valence-electron chi connectivity index (χ4n) is 3.50. The van der Waals surface area contributed by atoms with E-state index < -0.39 is 6.04 Å². The Balaban J connectivity index is 1.88. The lowest BCUT2D eigenvalue weighted by Gasteiger charge is -2.29. The number of nitrogens with zero attached hydrogens (tertiary/aromatic N) is 1. The molecule has 1 amide bonds. The van der Waals surface area contributed by atoms with Crippen molar-refractivity contribution in [1.82, 2.24) is 4.90 Å². The van der Waals surface area contributed by atoms with Gasteiger partial charge >= 0.3 is 5.97 Å². The van der Waals surface area contributed by atoms with Gasteiger partial charge in [0.2, 0.25) is 5.91 Å². The lowest BCUT2D eigenvalue weighted by Crippen LogP contribution is -2.44. The second kappa shape index (κ2) is 7.97. The molecule has 0 aromatic heterocycles. The first-order valence-electron chi connectivity index (χ1n) is 8.65. The maximum atomic E-state index is 12.7. The van der Waals surface area contributed by atoms with E-state index in [2.05, 4.69) is 12.1 Å². The molecule has 2 unspecified atom stereocenters. The van der Waals surface area contributed by atoms with E-state index in [4.69, 9.17) is 4.74 Å². The third-order valence-corrected chi connectivity index (χ3v) is 4.85. The summed E-state index contributed by atoms with van der Waals surface area (Å²) < 4.78 is 5.01. The van der Waals surface area contributed by atoms with Crippen molar-refractivity contribution in [2.24, 2.45) is 0 Å². The normalized spacial score (nSPS) is 20.8. The zero-order chi connectivity index (χ0) is 17.6. The summed E-state index contributed by atoms with van der Waals surface area (Å²) in [4.78, 5) is 26.9. The second-order valence-electron chi connectivity index (χ2n) is 6.43. The van der Waals surface area contributed by atoms with Gasteiger partial charge in [-0.25, -0.2) is 4.79 Å². The van der Waals surface area contributed by atoms with Gasteiger partial charge in [-0.1, -0.05) is 60.7 Å². The van der Waals surface area contributed by atoms with Crippen molar-refractivity contribution in [2.75, 3.05) is 7.11 Å². The maximum absolute atomic E-state index is 12.7. The maximum Gasteiger partial charge on any atom is 0.328 e. The highest BCUT2D eigenvalue weighted by molar-refractivity contribution is 5.85. The summed E-state index contributed by atoms with van der Waals surface area (Å²) >= 11 is 0. The van der Waals surface area contributed by atoms with Gasteiger partial charge in [0.25, 0.3) is 0 Å². The molecule has 0 N–H and O–H groups in total. The number of carbonyl (C=O) groups excluding carboxylic acids is 2. The van der Waals surface area contributed by atoms with Gasteiger partial charge in [-0.3, -0.25) is 4.79 Å². The summed E-state index contributed by atoms with van der Waals surface area (Å²) in [5.41, 5.74) is 2.19. The van der Waals surface area contributed by atoms with Crippen LogP contribution in [0.15, 0.2) is 60.7 Å². The van der Waals surface area contributed by atoms with Crippen LogP contribution in [0.2, 0.25) is 0 Å². The molecule has 4 heteroatoms. The first kappa shape index (κ1) is 17.2. The fraction of sp³-hybridized carbons (Fsp3) is 0.333. The molecule has 1 aliphatic heterocycles. The average molecular weight is 337 g/mol. The van der Waals surface area contributed by atoms with Crippen LogP contribution < -0.4 is 0 Å². The number of methoxy groups -OCH3 is 1. The molecular formula is C21H23NO3. The number of esters is 1. The molecule has 2 atom stereocenters. The van der Waals surface area contributed by atoms with Crippen LogP contribution in [0, 0.1) is 0 Å². The van der Waals surface area contributed by atoms with Crippen LogP contribution in [0.1, 0.15) is 36.3 Å². The number of amides is 1. The summed E-state index contributed by atoms with van der Waals surface area (Å²) in [5.74, 6) is -0.153. The van der Waals surface area contributed by atoms with Gasteiger partial charge in [0.15, 0.2) is 0 Å². The summed E-state index contributed by atoms with van der Waals surface area (Å²) in [5, 5.41) is 0. The van der Waals surface area contributed by atoms with Crippen LogP contribution in [0.4, 0.5) is 0 Å². The van der Waals surface area contributed by atoms with Gasteiger partial charge in [0.05, 0.1) is 7.11 Å². The molecule has 1 saturated heterocycles. The molecule has 2 aromatic carbocycles. The minimum absolute atomic E-state index is 0.0117. The van der Waals surface area contributed by atoms with E-state index in [0.29, 0.717) is 19.4 Å². The quantitative estimate of drug-likeness (QED) is 0.802. The zero-order valence-electron chi connectivity index (χ0n) is 14.4. The van der Waals surface area contributed by atoms with Crippen molar-refractivity contribution >= 4 is 11.9 Å². The molecule has 25 heavy (non-hydrogen) atoms. The van der Waals surface area contributed by atoms with Gasteiger partial charge < -0.3 is 9.64 Å².